The maximum absolute atomic E-state index is 11.4. The van der Waals surface area contributed by atoms with Gasteiger partial charge in [-0.25, -0.2) is 9.59 Å². The molecule has 0 saturated heterocycles. The fourth-order valence-electron chi connectivity index (χ4n) is 2.55. The highest BCUT2D eigenvalue weighted by molar-refractivity contribution is 5.82. The van der Waals surface area contributed by atoms with E-state index in [-0.39, 0.29) is 25.0 Å². The van der Waals surface area contributed by atoms with E-state index in [9.17, 15) is 9.59 Å². The Balaban J connectivity index is 1.59. The average Bonchev–Trinajstić information content (AvgIpc) is 3.32. The van der Waals surface area contributed by atoms with Crippen LogP contribution in [0, 0.1) is 0 Å². The summed E-state index contributed by atoms with van der Waals surface area (Å²) < 4.78 is 22.8. The molecule has 0 aliphatic heterocycles. The summed E-state index contributed by atoms with van der Waals surface area (Å²) in [5, 5.41) is 12.6. The molecule has 30 heavy (non-hydrogen) atoms. The molecule has 0 bridgehead atoms. The SMILES string of the molecule is CCOC(=O)Nc1c[n+](Cc2cccc(C[n+]3cc(NC(=O)OCC)on3)c2)no1. The molecule has 1 aromatic carbocycles. The number of benzene rings is 1. The minimum Gasteiger partial charge on any atom is -0.450 e. The van der Waals surface area contributed by atoms with E-state index in [2.05, 4.69) is 21.2 Å². The number of carbonyl (C=O) groups is 2. The fraction of sp³-hybridized carbons (Fsp3) is 0.333. The Hall–Kier alpha value is -3.96. The molecule has 0 saturated carbocycles. The maximum atomic E-state index is 11.4. The fourth-order valence-corrected chi connectivity index (χ4v) is 2.55. The first-order valence-corrected chi connectivity index (χ1v) is 9.24. The second kappa shape index (κ2) is 10.0. The maximum Gasteiger partial charge on any atom is 0.414 e. The molecule has 3 aromatic rings. The van der Waals surface area contributed by atoms with Gasteiger partial charge in [0.05, 0.1) is 13.2 Å². The van der Waals surface area contributed by atoms with E-state index in [1.807, 2.05) is 24.3 Å². The van der Waals surface area contributed by atoms with E-state index in [0.29, 0.717) is 13.1 Å². The summed E-state index contributed by atoms with van der Waals surface area (Å²) in [5.74, 6) is 0.369. The van der Waals surface area contributed by atoms with Crippen molar-refractivity contribution in [2.75, 3.05) is 23.8 Å². The summed E-state index contributed by atoms with van der Waals surface area (Å²) >= 11 is 0. The minimum absolute atomic E-state index is 0.185. The number of anilines is 2. The molecular weight excluding hydrogens is 396 g/mol. The summed E-state index contributed by atoms with van der Waals surface area (Å²) in [6.45, 7) is 4.81. The van der Waals surface area contributed by atoms with Gasteiger partial charge < -0.3 is 9.47 Å². The van der Waals surface area contributed by atoms with Crippen LogP contribution in [0.1, 0.15) is 25.0 Å². The molecule has 0 atom stereocenters. The van der Waals surface area contributed by atoms with Crippen molar-refractivity contribution in [3.63, 3.8) is 0 Å². The van der Waals surface area contributed by atoms with Gasteiger partial charge in [-0.3, -0.25) is 19.7 Å². The number of carbonyl (C=O) groups excluding carboxylic acids is 2. The Labute approximate surface area is 171 Å². The predicted molar refractivity (Wildman–Crippen MR) is 99.3 cm³/mol. The third-order valence-corrected chi connectivity index (χ3v) is 3.70. The van der Waals surface area contributed by atoms with Crippen LogP contribution < -0.4 is 20.0 Å². The number of aromatic nitrogens is 4. The lowest BCUT2D eigenvalue weighted by Crippen LogP contribution is -2.36. The molecule has 0 fully saturated rings. The van der Waals surface area contributed by atoms with Gasteiger partial charge in [0.15, 0.2) is 0 Å². The summed E-state index contributed by atoms with van der Waals surface area (Å²) in [5.41, 5.74) is 1.92. The highest BCUT2D eigenvalue weighted by Gasteiger charge is 2.17. The molecule has 0 spiro atoms. The molecular formula is C18H22N6O6+2. The standard InChI is InChI=1S/C18H20N6O6/c1-3-27-17(25)19-15-11-23(21-29-15)9-13-6-5-7-14(8-13)10-24-12-16(30-22-24)20-18(26)28-4-2/h5-8,11-12H,3-4,9-10H2,1-2H3/p+2. The Bertz CT molecular complexity index is 925. The molecule has 2 heterocycles. The van der Waals surface area contributed by atoms with Gasteiger partial charge in [0.1, 0.15) is 0 Å². The van der Waals surface area contributed by atoms with Gasteiger partial charge in [-0.05, 0) is 29.3 Å². The third kappa shape index (κ3) is 6.02. The van der Waals surface area contributed by atoms with Crippen LogP contribution in [0.25, 0.3) is 0 Å². The van der Waals surface area contributed by atoms with Crippen molar-refractivity contribution in [1.29, 1.82) is 0 Å². The van der Waals surface area contributed by atoms with Crippen LogP contribution >= 0.6 is 0 Å². The van der Waals surface area contributed by atoms with Gasteiger partial charge >= 0.3 is 24.0 Å². The smallest absolute Gasteiger partial charge is 0.414 e. The molecule has 0 radical (unpaired) electrons. The molecule has 2 N–H and O–H groups in total. The molecule has 0 unspecified atom stereocenters. The number of amides is 2. The van der Waals surface area contributed by atoms with E-state index in [1.165, 1.54) is 0 Å². The minimum atomic E-state index is -0.607. The zero-order chi connectivity index (χ0) is 21.3. The Morgan fingerprint density at radius 1 is 0.900 bits per heavy atom. The molecule has 12 heteroatoms. The Kier molecular flexibility index (Phi) is 6.92. The number of ether oxygens (including phenoxy) is 2. The van der Waals surface area contributed by atoms with Crippen LogP contribution in [-0.2, 0) is 22.6 Å². The second-order valence-electron chi connectivity index (χ2n) is 6.04. The van der Waals surface area contributed by atoms with Gasteiger partial charge in [-0.2, -0.15) is 0 Å². The van der Waals surface area contributed by atoms with Crippen molar-refractivity contribution in [3.05, 3.63) is 47.8 Å². The van der Waals surface area contributed by atoms with Gasteiger partial charge in [0.2, 0.25) is 23.6 Å². The largest absolute Gasteiger partial charge is 0.450 e. The zero-order valence-corrected chi connectivity index (χ0v) is 16.5. The van der Waals surface area contributed by atoms with Crippen molar-refractivity contribution in [1.82, 2.24) is 10.5 Å². The summed E-state index contributed by atoms with van der Waals surface area (Å²) in [4.78, 5) is 22.8. The predicted octanol–water partition coefficient (Wildman–Crippen LogP) is 1.47. The monoisotopic (exact) mass is 418 g/mol. The summed E-state index contributed by atoms with van der Waals surface area (Å²) in [6, 6.07) is 7.75. The van der Waals surface area contributed by atoms with Gasteiger partial charge in [-0.15, -0.1) is 0 Å². The van der Waals surface area contributed by atoms with E-state index in [0.717, 1.165) is 11.1 Å². The van der Waals surface area contributed by atoms with Crippen molar-refractivity contribution in [3.8, 4) is 0 Å². The van der Waals surface area contributed by atoms with Crippen LogP contribution in [-0.4, -0.2) is 35.9 Å². The lowest BCUT2D eigenvalue weighted by molar-refractivity contribution is -0.755. The lowest BCUT2D eigenvalue weighted by atomic mass is 10.1. The van der Waals surface area contributed by atoms with E-state index >= 15 is 0 Å². The van der Waals surface area contributed by atoms with Crippen LogP contribution in [0.2, 0.25) is 0 Å². The van der Waals surface area contributed by atoms with Crippen LogP contribution in [0.5, 0.6) is 0 Å². The highest BCUT2D eigenvalue weighted by atomic mass is 16.6. The van der Waals surface area contributed by atoms with Gasteiger partial charge in [0.25, 0.3) is 12.4 Å². The first-order chi connectivity index (χ1) is 14.6. The van der Waals surface area contributed by atoms with Crippen molar-refractivity contribution in [2.45, 2.75) is 26.9 Å². The topological polar surface area (TPSA) is 136 Å². The second-order valence-corrected chi connectivity index (χ2v) is 6.04. The van der Waals surface area contributed by atoms with Crippen molar-refractivity contribution in [2.24, 2.45) is 0 Å². The van der Waals surface area contributed by atoms with Gasteiger partial charge in [-0.1, -0.05) is 18.2 Å². The summed E-state index contributed by atoms with van der Waals surface area (Å²) in [6.07, 6.45) is 1.90. The average molecular weight is 418 g/mol. The van der Waals surface area contributed by atoms with E-state index < -0.39 is 12.2 Å². The molecule has 2 aromatic heterocycles. The third-order valence-electron chi connectivity index (χ3n) is 3.70. The van der Waals surface area contributed by atoms with Crippen LogP contribution in [0.4, 0.5) is 21.4 Å². The molecule has 0 aliphatic rings. The Morgan fingerprint density at radius 3 is 1.80 bits per heavy atom. The quantitative estimate of drug-likeness (QED) is 0.525. The molecule has 0 aliphatic carbocycles. The van der Waals surface area contributed by atoms with E-state index in [4.69, 9.17) is 18.5 Å². The van der Waals surface area contributed by atoms with Gasteiger partial charge in [0, 0.05) is 11.1 Å². The summed E-state index contributed by atoms with van der Waals surface area (Å²) in [7, 11) is 0. The number of nitrogens with zero attached hydrogens (tertiary/aromatic N) is 4. The zero-order valence-electron chi connectivity index (χ0n) is 16.5. The first kappa shape index (κ1) is 20.8. The van der Waals surface area contributed by atoms with E-state index in [1.54, 1.807) is 35.6 Å². The first-order valence-electron chi connectivity index (χ1n) is 9.24. The molecule has 158 valence electrons. The number of rotatable bonds is 8. The lowest BCUT2D eigenvalue weighted by Gasteiger charge is -1.98. The molecule has 12 nitrogen and oxygen atoms in total. The normalized spacial score (nSPS) is 10.5. The molecule has 3 rings (SSSR count). The highest BCUT2D eigenvalue weighted by Crippen LogP contribution is 2.08. The van der Waals surface area contributed by atoms with Crippen molar-refractivity contribution >= 4 is 24.0 Å². The van der Waals surface area contributed by atoms with Crippen molar-refractivity contribution < 1.29 is 37.5 Å². The number of hydrogen-bond donors (Lipinski definition) is 2. The number of hydrogen-bond acceptors (Lipinski definition) is 8. The Morgan fingerprint density at radius 2 is 1.37 bits per heavy atom. The van der Waals surface area contributed by atoms with Crippen LogP contribution in [0.3, 0.4) is 0 Å². The van der Waals surface area contributed by atoms with Crippen LogP contribution in [0.15, 0.2) is 45.7 Å². The number of nitrogens with one attached hydrogen (secondary N) is 2. The molecule has 2 amide bonds.